The molecule has 100 valence electrons. The fourth-order valence-corrected chi connectivity index (χ4v) is 2.59. The van der Waals surface area contributed by atoms with Crippen molar-refractivity contribution in [2.24, 2.45) is 5.73 Å². The number of aromatic nitrogens is 1. The van der Waals surface area contributed by atoms with Crippen LogP contribution < -0.4 is 10.5 Å². The van der Waals surface area contributed by atoms with Gasteiger partial charge in [-0.1, -0.05) is 0 Å². The molecular formula is C13H18F2N2O. The van der Waals surface area contributed by atoms with Gasteiger partial charge in [0.1, 0.15) is 5.75 Å². The van der Waals surface area contributed by atoms with E-state index in [1.165, 1.54) is 0 Å². The average Bonchev–Trinajstić information content (AvgIpc) is 2.40. The van der Waals surface area contributed by atoms with Crippen molar-refractivity contribution in [3.63, 3.8) is 0 Å². The summed E-state index contributed by atoms with van der Waals surface area (Å²) in [4.78, 5) is 4.31. The van der Waals surface area contributed by atoms with E-state index in [1.54, 1.807) is 25.4 Å². The molecular weight excluding hydrogens is 238 g/mol. The molecule has 1 saturated carbocycles. The first kappa shape index (κ1) is 13.2. The van der Waals surface area contributed by atoms with Crippen LogP contribution in [0.3, 0.4) is 0 Å². The maximum atomic E-state index is 13.3. The van der Waals surface area contributed by atoms with Crippen molar-refractivity contribution >= 4 is 0 Å². The number of halogens is 2. The summed E-state index contributed by atoms with van der Waals surface area (Å²) in [6.07, 6.45) is 2.09. The third kappa shape index (κ3) is 2.32. The topological polar surface area (TPSA) is 48.1 Å². The van der Waals surface area contributed by atoms with Crippen molar-refractivity contribution in [3.05, 3.63) is 24.0 Å². The van der Waals surface area contributed by atoms with Crippen molar-refractivity contribution in [2.75, 3.05) is 13.7 Å². The molecule has 1 aliphatic rings. The lowest BCUT2D eigenvalue weighted by Gasteiger charge is -2.39. The van der Waals surface area contributed by atoms with Crippen molar-refractivity contribution in [1.29, 1.82) is 0 Å². The summed E-state index contributed by atoms with van der Waals surface area (Å²) in [5.41, 5.74) is 6.08. The first-order valence-electron chi connectivity index (χ1n) is 6.10. The van der Waals surface area contributed by atoms with E-state index >= 15 is 0 Å². The molecule has 1 aromatic heterocycles. The largest absolute Gasteiger partial charge is 0.495 e. The van der Waals surface area contributed by atoms with Gasteiger partial charge in [-0.3, -0.25) is 4.98 Å². The van der Waals surface area contributed by atoms with Crippen LogP contribution in [0.15, 0.2) is 18.3 Å². The SMILES string of the molecule is COc1cccnc1C1(CN)CCC(F)(F)CC1. The number of hydrogen-bond acceptors (Lipinski definition) is 3. The molecule has 2 N–H and O–H groups in total. The molecule has 1 aromatic rings. The first-order valence-corrected chi connectivity index (χ1v) is 6.10. The molecule has 3 nitrogen and oxygen atoms in total. The fraction of sp³-hybridized carbons (Fsp3) is 0.615. The molecule has 5 heteroatoms. The summed E-state index contributed by atoms with van der Waals surface area (Å²) in [7, 11) is 1.56. The second kappa shape index (κ2) is 4.80. The number of nitrogens with zero attached hydrogens (tertiary/aromatic N) is 1. The molecule has 1 heterocycles. The maximum Gasteiger partial charge on any atom is 0.248 e. The molecule has 18 heavy (non-hydrogen) atoms. The number of rotatable bonds is 3. The van der Waals surface area contributed by atoms with Gasteiger partial charge in [0.05, 0.1) is 12.8 Å². The summed E-state index contributed by atoms with van der Waals surface area (Å²) >= 11 is 0. The smallest absolute Gasteiger partial charge is 0.248 e. The molecule has 0 atom stereocenters. The third-order valence-corrected chi connectivity index (χ3v) is 3.82. The molecule has 0 aliphatic heterocycles. The van der Waals surface area contributed by atoms with Gasteiger partial charge in [0, 0.05) is 31.0 Å². The van der Waals surface area contributed by atoms with Gasteiger partial charge < -0.3 is 10.5 Å². The van der Waals surface area contributed by atoms with Crippen molar-refractivity contribution in [2.45, 2.75) is 37.0 Å². The molecule has 0 saturated heterocycles. The van der Waals surface area contributed by atoms with E-state index in [1.807, 2.05) is 0 Å². The highest BCUT2D eigenvalue weighted by molar-refractivity contribution is 5.34. The number of alkyl halides is 2. The highest BCUT2D eigenvalue weighted by Crippen LogP contribution is 2.46. The number of hydrogen-bond donors (Lipinski definition) is 1. The van der Waals surface area contributed by atoms with Gasteiger partial charge in [-0.25, -0.2) is 8.78 Å². The van der Waals surface area contributed by atoms with Crippen LogP contribution in [0.2, 0.25) is 0 Å². The maximum absolute atomic E-state index is 13.3. The Bertz CT molecular complexity index is 413. The first-order chi connectivity index (χ1) is 8.53. The number of pyridine rings is 1. The molecule has 1 aliphatic carbocycles. The monoisotopic (exact) mass is 256 g/mol. The zero-order valence-electron chi connectivity index (χ0n) is 10.5. The Labute approximate surface area is 105 Å². The molecule has 0 bridgehead atoms. The van der Waals surface area contributed by atoms with Crippen molar-refractivity contribution in [3.8, 4) is 5.75 Å². The molecule has 0 unspecified atom stereocenters. The van der Waals surface area contributed by atoms with Gasteiger partial charge in [0.15, 0.2) is 0 Å². The van der Waals surface area contributed by atoms with Gasteiger partial charge in [0.2, 0.25) is 5.92 Å². The Hall–Kier alpha value is -1.23. The van der Waals surface area contributed by atoms with Crippen LogP contribution in [0.25, 0.3) is 0 Å². The van der Waals surface area contributed by atoms with Gasteiger partial charge in [-0.2, -0.15) is 0 Å². The zero-order valence-corrected chi connectivity index (χ0v) is 10.5. The Morgan fingerprint density at radius 1 is 1.33 bits per heavy atom. The van der Waals surface area contributed by atoms with E-state index in [-0.39, 0.29) is 12.8 Å². The summed E-state index contributed by atoms with van der Waals surface area (Å²) in [6, 6.07) is 3.57. The van der Waals surface area contributed by atoms with Crippen LogP contribution in [0, 0.1) is 0 Å². The molecule has 0 aromatic carbocycles. The van der Waals surface area contributed by atoms with Crippen molar-refractivity contribution in [1.82, 2.24) is 4.98 Å². The highest BCUT2D eigenvalue weighted by Gasteiger charge is 2.45. The van der Waals surface area contributed by atoms with Crippen LogP contribution in [-0.2, 0) is 5.41 Å². The van der Waals surface area contributed by atoms with Gasteiger partial charge in [-0.05, 0) is 25.0 Å². The Balaban J connectivity index is 2.33. The van der Waals surface area contributed by atoms with E-state index in [4.69, 9.17) is 10.5 Å². The molecule has 2 rings (SSSR count). The summed E-state index contributed by atoms with van der Waals surface area (Å²) in [5, 5.41) is 0. The van der Waals surface area contributed by atoms with Crippen LogP contribution in [0.4, 0.5) is 8.78 Å². The second-order valence-corrected chi connectivity index (χ2v) is 4.89. The number of nitrogens with two attached hydrogens (primary N) is 1. The second-order valence-electron chi connectivity index (χ2n) is 4.89. The molecule has 1 fully saturated rings. The fourth-order valence-electron chi connectivity index (χ4n) is 2.59. The standard InChI is InChI=1S/C13H18F2N2O/c1-18-10-3-2-8-17-11(10)12(9-16)4-6-13(14,15)7-5-12/h2-3,8H,4-7,9,16H2,1H3. The lowest BCUT2D eigenvalue weighted by atomic mass is 9.70. The summed E-state index contributed by atoms with van der Waals surface area (Å²) < 4.78 is 31.9. The van der Waals surface area contributed by atoms with E-state index in [0.29, 0.717) is 30.8 Å². The van der Waals surface area contributed by atoms with Gasteiger partial charge >= 0.3 is 0 Å². The highest BCUT2D eigenvalue weighted by atomic mass is 19.3. The van der Waals surface area contributed by atoms with Crippen LogP contribution >= 0.6 is 0 Å². The Morgan fingerprint density at radius 3 is 2.56 bits per heavy atom. The average molecular weight is 256 g/mol. The van der Waals surface area contributed by atoms with Gasteiger partial charge in [-0.15, -0.1) is 0 Å². The summed E-state index contributed by atoms with van der Waals surface area (Å²) in [5.74, 6) is -1.94. The van der Waals surface area contributed by atoms with Crippen LogP contribution in [0.5, 0.6) is 5.75 Å². The zero-order chi connectivity index (χ0) is 13.2. The molecule has 0 spiro atoms. The third-order valence-electron chi connectivity index (χ3n) is 3.82. The lowest BCUT2D eigenvalue weighted by Crippen LogP contribution is -2.42. The predicted octanol–water partition coefficient (Wildman–Crippen LogP) is 2.50. The minimum Gasteiger partial charge on any atom is -0.495 e. The molecule has 0 amide bonds. The summed E-state index contributed by atoms with van der Waals surface area (Å²) in [6.45, 7) is 0.316. The van der Waals surface area contributed by atoms with Gasteiger partial charge in [0.25, 0.3) is 0 Å². The molecule has 0 radical (unpaired) electrons. The Morgan fingerprint density at radius 2 is 2.00 bits per heavy atom. The number of ether oxygens (including phenoxy) is 1. The quantitative estimate of drug-likeness (QED) is 0.903. The van der Waals surface area contributed by atoms with Crippen LogP contribution in [0.1, 0.15) is 31.4 Å². The minimum absolute atomic E-state index is 0.135. The number of methoxy groups -OCH3 is 1. The normalized spacial score (nSPS) is 21.6. The van der Waals surface area contributed by atoms with Crippen molar-refractivity contribution < 1.29 is 13.5 Å². The Kier molecular flexibility index (Phi) is 3.52. The lowest BCUT2D eigenvalue weighted by molar-refractivity contribution is -0.0516. The minimum atomic E-state index is -2.57. The predicted molar refractivity (Wildman–Crippen MR) is 64.9 cm³/mol. The van der Waals surface area contributed by atoms with Crippen LogP contribution in [-0.4, -0.2) is 24.6 Å². The van der Waals surface area contributed by atoms with E-state index in [9.17, 15) is 8.78 Å². The van der Waals surface area contributed by atoms with E-state index in [2.05, 4.69) is 4.98 Å². The van der Waals surface area contributed by atoms with E-state index in [0.717, 1.165) is 0 Å². The van der Waals surface area contributed by atoms with E-state index < -0.39 is 11.3 Å².